The van der Waals surface area contributed by atoms with Crippen LogP contribution in [0.4, 0.5) is 5.95 Å². The third-order valence-corrected chi connectivity index (χ3v) is 5.57. The van der Waals surface area contributed by atoms with Gasteiger partial charge in [-0.2, -0.15) is 4.98 Å². The quantitative estimate of drug-likeness (QED) is 0.162. The highest BCUT2D eigenvalue weighted by Crippen LogP contribution is 2.35. The van der Waals surface area contributed by atoms with Crippen LogP contribution in [0.25, 0.3) is 11.2 Å². The molecule has 40 heavy (non-hydrogen) atoms. The van der Waals surface area contributed by atoms with E-state index in [1.807, 2.05) is 0 Å². The number of hydrogen-bond donors (Lipinski definition) is 2. The van der Waals surface area contributed by atoms with Crippen molar-refractivity contribution in [2.45, 2.75) is 52.2 Å². The smallest absolute Gasteiger partial charge is 0.303 e. The van der Waals surface area contributed by atoms with Crippen LogP contribution in [-0.2, 0) is 47.6 Å². The number of hydrogen-bond acceptors (Lipinski definition) is 13. The Hall–Kier alpha value is -3.73. The van der Waals surface area contributed by atoms with Crippen LogP contribution >= 0.6 is 0 Å². The third-order valence-electron chi connectivity index (χ3n) is 5.57. The van der Waals surface area contributed by atoms with Gasteiger partial charge in [-0.05, 0) is 0 Å². The van der Waals surface area contributed by atoms with Gasteiger partial charge in [0, 0.05) is 19.8 Å². The lowest BCUT2D eigenvalue weighted by Crippen LogP contribution is -2.40. The van der Waals surface area contributed by atoms with Gasteiger partial charge in [0.1, 0.15) is 19.0 Å². The van der Waals surface area contributed by atoms with Crippen molar-refractivity contribution >= 4 is 41.2 Å². The molecule has 0 saturated carbocycles. The Bertz CT molecular complexity index is 1240. The van der Waals surface area contributed by atoms with E-state index >= 15 is 0 Å². The molecule has 2 aromatic heterocycles. The van der Waals surface area contributed by atoms with Crippen molar-refractivity contribution < 1.29 is 47.6 Å². The molecule has 0 radical (unpaired) electrons. The first-order valence-corrected chi connectivity index (χ1v) is 12.6. The number of esters is 2. The maximum atomic E-state index is 12.6. The van der Waals surface area contributed by atoms with Gasteiger partial charge in [-0.15, -0.1) is 0 Å². The van der Waals surface area contributed by atoms with E-state index in [9.17, 15) is 24.0 Å². The first-order chi connectivity index (χ1) is 19.1. The maximum Gasteiger partial charge on any atom is 0.303 e. The lowest BCUT2D eigenvalue weighted by atomic mass is 10.1. The minimum absolute atomic E-state index is 0.00885. The molecule has 0 bridgehead atoms. The van der Waals surface area contributed by atoms with E-state index in [0.717, 1.165) is 0 Å². The van der Waals surface area contributed by atoms with E-state index in [4.69, 9.17) is 28.4 Å². The van der Waals surface area contributed by atoms with E-state index in [1.54, 1.807) is 13.8 Å². The average molecular weight is 568 g/mol. The van der Waals surface area contributed by atoms with Crippen LogP contribution in [0.1, 0.15) is 33.9 Å². The summed E-state index contributed by atoms with van der Waals surface area (Å²) in [7, 11) is 0. The molecule has 2 N–H and O–H groups in total. The number of fused-ring (bicyclic) bond motifs is 1. The summed E-state index contributed by atoms with van der Waals surface area (Å²) in [4.78, 5) is 69.8. The molecular formula is C24H33N5O11. The molecule has 0 aliphatic carbocycles. The Morgan fingerprint density at radius 1 is 1.07 bits per heavy atom. The van der Waals surface area contributed by atoms with Gasteiger partial charge in [-0.3, -0.25) is 34.0 Å². The van der Waals surface area contributed by atoms with Gasteiger partial charge in [-0.1, -0.05) is 13.8 Å². The van der Waals surface area contributed by atoms with Crippen molar-refractivity contribution in [2.75, 3.05) is 45.0 Å². The van der Waals surface area contributed by atoms with Crippen molar-refractivity contribution in [3.63, 3.8) is 0 Å². The fourth-order valence-electron chi connectivity index (χ4n) is 3.82. The molecule has 3 heterocycles. The molecule has 1 aliphatic heterocycles. The topological polar surface area (TPSA) is 199 Å². The minimum atomic E-state index is -1.14. The monoisotopic (exact) mass is 567 g/mol. The summed E-state index contributed by atoms with van der Waals surface area (Å²) in [5.74, 6) is -2.15. The number of aldehydes is 1. The number of aromatic nitrogens is 4. The second-order valence-corrected chi connectivity index (χ2v) is 9.02. The molecule has 1 fully saturated rings. The van der Waals surface area contributed by atoms with Crippen molar-refractivity contribution in [1.29, 1.82) is 0 Å². The van der Waals surface area contributed by atoms with Gasteiger partial charge in [-0.25, -0.2) is 4.98 Å². The second-order valence-electron chi connectivity index (χ2n) is 9.02. The zero-order chi connectivity index (χ0) is 29.2. The number of amides is 1. The normalized spacial score (nSPS) is 20.5. The number of nitrogens with zero attached hydrogens (tertiary/aromatic N) is 3. The highest BCUT2D eigenvalue weighted by atomic mass is 16.7. The van der Waals surface area contributed by atoms with Crippen molar-refractivity contribution in [2.24, 2.45) is 5.92 Å². The lowest BCUT2D eigenvalue weighted by molar-refractivity contribution is -0.166. The maximum absolute atomic E-state index is 12.6. The molecule has 2 aromatic rings. The molecule has 220 valence electrons. The zero-order valence-corrected chi connectivity index (χ0v) is 22.6. The molecule has 1 amide bonds. The average Bonchev–Trinajstić information content (AvgIpc) is 3.44. The Kier molecular flexibility index (Phi) is 11.2. The summed E-state index contributed by atoms with van der Waals surface area (Å²) in [5.41, 5.74) is -0.623. The molecule has 16 nitrogen and oxygen atoms in total. The third kappa shape index (κ3) is 8.14. The number of H-pyrrole nitrogens is 1. The molecule has 4 atom stereocenters. The summed E-state index contributed by atoms with van der Waals surface area (Å²) in [6, 6.07) is 0. The Balaban J connectivity index is 1.81. The van der Waals surface area contributed by atoms with Gasteiger partial charge in [0.05, 0.1) is 39.4 Å². The number of carbonyl (C=O) groups excluding carboxylic acids is 4. The van der Waals surface area contributed by atoms with Crippen LogP contribution in [0, 0.1) is 5.92 Å². The first-order valence-electron chi connectivity index (χ1n) is 12.6. The van der Waals surface area contributed by atoms with Crippen LogP contribution in [0.5, 0.6) is 0 Å². The van der Waals surface area contributed by atoms with Crippen LogP contribution in [0.15, 0.2) is 11.1 Å². The molecule has 0 aromatic carbocycles. The minimum Gasteiger partial charge on any atom is -0.456 e. The van der Waals surface area contributed by atoms with Gasteiger partial charge >= 0.3 is 11.9 Å². The van der Waals surface area contributed by atoms with E-state index in [1.165, 1.54) is 24.7 Å². The van der Waals surface area contributed by atoms with Crippen LogP contribution < -0.4 is 10.9 Å². The fourth-order valence-corrected chi connectivity index (χ4v) is 3.82. The highest BCUT2D eigenvalue weighted by molar-refractivity contribution is 5.91. The standard InChI is InChI=1S/C24H33N5O11/c1-13(2)21(33)27-24-26-20-17(22(34)28-24)25-12-29(20)23-19(39-15(4)32)18(38-14(3)31)16(40-23)11-37-10-9-36-8-7-35-6-5-30/h5,12-13,16,18-19,23H,6-11H2,1-4H3,(H2,26,27,28,33,34)/t16-,18-,19-,23-/m1/s1. The van der Waals surface area contributed by atoms with Crippen molar-refractivity contribution in [3.05, 3.63) is 16.7 Å². The van der Waals surface area contributed by atoms with E-state index < -0.39 is 42.0 Å². The molecule has 16 heteroatoms. The number of ether oxygens (including phenoxy) is 6. The lowest BCUT2D eigenvalue weighted by Gasteiger charge is -2.23. The molecule has 1 saturated heterocycles. The van der Waals surface area contributed by atoms with Crippen LogP contribution in [-0.4, -0.2) is 102 Å². The number of anilines is 1. The predicted molar refractivity (Wildman–Crippen MR) is 135 cm³/mol. The summed E-state index contributed by atoms with van der Waals surface area (Å²) >= 11 is 0. The first kappa shape index (κ1) is 30.8. The fraction of sp³-hybridized carbons (Fsp3) is 0.625. The summed E-state index contributed by atoms with van der Waals surface area (Å²) < 4.78 is 34.4. The molecular weight excluding hydrogens is 534 g/mol. The Morgan fingerprint density at radius 2 is 1.73 bits per heavy atom. The predicted octanol–water partition coefficient (Wildman–Crippen LogP) is -0.276. The number of rotatable bonds is 15. The van der Waals surface area contributed by atoms with Crippen LogP contribution in [0.3, 0.4) is 0 Å². The Labute approximate surface area is 228 Å². The molecule has 1 aliphatic rings. The highest BCUT2D eigenvalue weighted by Gasteiger charge is 2.50. The summed E-state index contributed by atoms with van der Waals surface area (Å²) in [5, 5.41) is 2.53. The largest absolute Gasteiger partial charge is 0.456 e. The van der Waals surface area contributed by atoms with Gasteiger partial charge in [0.25, 0.3) is 5.56 Å². The van der Waals surface area contributed by atoms with Crippen molar-refractivity contribution in [3.8, 4) is 0 Å². The second kappa shape index (κ2) is 14.6. The summed E-state index contributed by atoms with van der Waals surface area (Å²) in [6.07, 6.45) is -2.28. The zero-order valence-electron chi connectivity index (χ0n) is 22.6. The van der Waals surface area contributed by atoms with Crippen LogP contribution in [0.2, 0.25) is 0 Å². The number of imidazole rings is 1. The van der Waals surface area contributed by atoms with E-state index in [0.29, 0.717) is 6.29 Å². The molecule has 3 rings (SSSR count). The Morgan fingerprint density at radius 3 is 2.38 bits per heavy atom. The number of nitrogens with one attached hydrogen (secondary N) is 2. The van der Waals surface area contributed by atoms with Crippen molar-refractivity contribution in [1.82, 2.24) is 19.5 Å². The van der Waals surface area contributed by atoms with E-state index in [-0.39, 0.29) is 68.6 Å². The van der Waals surface area contributed by atoms with Gasteiger partial charge in [0.2, 0.25) is 11.9 Å². The number of aromatic amines is 1. The van der Waals surface area contributed by atoms with Gasteiger partial charge < -0.3 is 33.2 Å². The SMILES string of the molecule is CC(=O)O[C@@H]1[C@H](OC(C)=O)[C@@H](COCCOCCOCC=O)O[C@H]1n1cnc2c(=O)[nH]c(NC(=O)C(C)C)nc21. The van der Waals surface area contributed by atoms with Gasteiger partial charge in [0.15, 0.2) is 29.6 Å². The van der Waals surface area contributed by atoms with E-state index in [2.05, 4.69) is 20.3 Å². The molecule has 0 spiro atoms. The summed E-state index contributed by atoms with van der Waals surface area (Å²) in [6.45, 7) is 6.58. The molecule has 0 unspecified atom stereocenters. The number of carbonyl (C=O) groups is 4.